The first-order valence-corrected chi connectivity index (χ1v) is 7.66. The topological polar surface area (TPSA) is 49.3 Å². The monoisotopic (exact) mass is 307 g/mol. The predicted molar refractivity (Wildman–Crippen MR) is 86.5 cm³/mol. The molecule has 0 aliphatic rings. The van der Waals surface area contributed by atoms with Crippen LogP contribution >= 0.6 is 11.6 Å². The van der Waals surface area contributed by atoms with Crippen LogP contribution < -0.4 is 5.32 Å². The van der Waals surface area contributed by atoms with E-state index >= 15 is 0 Å². The molecule has 2 N–H and O–H groups in total. The van der Waals surface area contributed by atoms with Crippen LogP contribution in [0.15, 0.2) is 18.2 Å². The first-order valence-electron chi connectivity index (χ1n) is 7.28. The maximum absolute atomic E-state index is 12.1. The van der Waals surface area contributed by atoms with Gasteiger partial charge in [0.15, 0.2) is 0 Å². The maximum Gasteiger partial charge on any atom is 0.251 e. The molecule has 0 bridgehead atoms. The second kappa shape index (κ2) is 9.44. The van der Waals surface area contributed by atoms with Gasteiger partial charge in [-0.25, -0.2) is 0 Å². The molecule has 1 aromatic carbocycles. The molecule has 0 aliphatic carbocycles. The smallest absolute Gasteiger partial charge is 0.251 e. The van der Waals surface area contributed by atoms with E-state index < -0.39 is 0 Å². The number of rotatable bonds is 6. The molecule has 3 nitrogen and oxygen atoms in total. The summed E-state index contributed by atoms with van der Waals surface area (Å²) in [6, 6.07) is 5.15. The third kappa shape index (κ3) is 6.20. The molecule has 0 radical (unpaired) electrons. The minimum absolute atomic E-state index is 0.123. The summed E-state index contributed by atoms with van der Waals surface area (Å²) in [5.41, 5.74) is 1.13. The number of unbranched alkanes of at least 4 members (excludes halogenated alkanes) is 2. The van der Waals surface area contributed by atoms with E-state index in [0.29, 0.717) is 16.1 Å². The molecule has 0 heterocycles. The molecule has 0 saturated carbocycles. The minimum atomic E-state index is -0.214. The summed E-state index contributed by atoms with van der Waals surface area (Å²) in [5, 5.41) is 12.1. The predicted octanol–water partition coefficient (Wildman–Crippen LogP) is 3.38. The Hall–Kier alpha value is -1.50. The third-order valence-corrected chi connectivity index (χ3v) is 3.46. The van der Waals surface area contributed by atoms with Crippen LogP contribution in [0.2, 0.25) is 5.02 Å². The average molecular weight is 308 g/mol. The molecular formula is C17H22ClNO2. The minimum Gasteiger partial charge on any atom is -0.384 e. The highest BCUT2D eigenvalue weighted by Gasteiger charge is 2.11. The molecule has 4 heteroatoms. The Morgan fingerprint density at radius 3 is 2.81 bits per heavy atom. The molecule has 1 atom stereocenters. The lowest BCUT2D eigenvalue weighted by Gasteiger charge is -2.14. The standard InChI is InChI=1S/C17H22ClNO2/c1-3-4-5-7-13(2)19-17(21)15-10-9-14(8-6-11-20)16(18)12-15/h9-10,12-13,20H,3-5,7,11H2,1-2H3,(H,19,21). The van der Waals surface area contributed by atoms with E-state index in [9.17, 15) is 4.79 Å². The molecular weight excluding hydrogens is 286 g/mol. The number of carbonyl (C=O) groups is 1. The van der Waals surface area contributed by atoms with Crippen molar-refractivity contribution in [3.05, 3.63) is 34.3 Å². The fourth-order valence-corrected chi connectivity index (χ4v) is 2.20. The second-order valence-electron chi connectivity index (χ2n) is 5.02. The van der Waals surface area contributed by atoms with E-state index in [1.807, 2.05) is 6.92 Å². The lowest BCUT2D eigenvalue weighted by Crippen LogP contribution is -2.32. The van der Waals surface area contributed by atoms with Crippen LogP contribution in [0.5, 0.6) is 0 Å². The van der Waals surface area contributed by atoms with E-state index in [-0.39, 0.29) is 18.6 Å². The Bertz CT molecular complexity index is 531. The van der Waals surface area contributed by atoms with Gasteiger partial charge in [0.25, 0.3) is 5.91 Å². The van der Waals surface area contributed by atoms with Crippen LogP contribution in [0.1, 0.15) is 55.5 Å². The molecule has 21 heavy (non-hydrogen) atoms. The van der Waals surface area contributed by atoms with Crippen molar-refractivity contribution in [1.82, 2.24) is 5.32 Å². The molecule has 114 valence electrons. The Kier molecular flexibility index (Phi) is 7.89. The first-order chi connectivity index (χ1) is 10.1. The summed E-state index contributed by atoms with van der Waals surface area (Å²) >= 11 is 6.08. The number of hydrogen-bond acceptors (Lipinski definition) is 2. The highest BCUT2D eigenvalue weighted by atomic mass is 35.5. The van der Waals surface area contributed by atoms with Gasteiger partial charge in [-0.3, -0.25) is 4.79 Å². The number of aliphatic hydroxyl groups excluding tert-OH is 1. The second-order valence-corrected chi connectivity index (χ2v) is 5.43. The molecule has 0 aliphatic heterocycles. The SMILES string of the molecule is CCCCCC(C)NC(=O)c1ccc(C#CCO)c(Cl)c1. The largest absolute Gasteiger partial charge is 0.384 e. The third-order valence-electron chi connectivity index (χ3n) is 3.15. The van der Waals surface area contributed by atoms with Gasteiger partial charge in [0, 0.05) is 17.2 Å². The fourth-order valence-electron chi connectivity index (χ4n) is 1.97. The zero-order valence-electron chi connectivity index (χ0n) is 12.6. The molecule has 0 spiro atoms. The van der Waals surface area contributed by atoms with Crippen molar-refractivity contribution in [2.75, 3.05) is 6.61 Å². The van der Waals surface area contributed by atoms with Crippen LogP contribution in [0.3, 0.4) is 0 Å². The van der Waals surface area contributed by atoms with Gasteiger partial charge in [0.2, 0.25) is 0 Å². The van der Waals surface area contributed by atoms with Crippen LogP contribution in [-0.4, -0.2) is 23.7 Å². The van der Waals surface area contributed by atoms with Crippen molar-refractivity contribution in [2.24, 2.45) is 0 Å². The van der Waals surface area contributed by atoms with E-state index in [0.717, 1.165) is 12.8 Å². The van der Waals surface area contributed by atoms with Gasteiger partial charge in [-0.1, -0.05) is 49.6 Å². The number of amides is 1. The molecule has 1 aromatic rings. The normalized spacial score (nSPS) is 11.4. The van der Waals surface area contributed by atoms with Crippen molar-refractivity contribution in [3.8, 4) is 11.8 Å². The van der Waals surface area contributed by atoms with Gasteiger partial charge in [0.1, 0.15) is 6.61 Å². The maximum atomic E-state index is 12.1. The lowest BCUT2D eigenvalue weighted by molar-refractivity contribution is 0.0938. The molecule has 0 saturated heterocycles. The van der Waals surface area contributed by atoms with Crippen molar-refractivity contribution < 1.29 is 9.90 Å². The van der Waals surface area contributed by atoms with Crippen LogP contribution in [-0.2, 0) is 0 Å². The van der Waals surface area contributed by atoms with Crippen molar-refractivity contribution in [3.63, 3.8) is 0 Å². The van der Waals surface area contributed by atoms with Gasteiger partial charge < -0.3 is 10.4 Å². The number of nitrogens with one attached hydrogen (secondary N) is 1. The van der Waals surface area contributed by atoms with Crippen molar-refractivity contribution in [1.29, 1.82) is 0 Å². The number of halogens is 1. The Morgan fingerprint density at radius 2 is 2.19 bits per heavy atom. The summed E-state index contributed by atoms with van der Waals surface area (Å²) in [6.07, 6.45) is 4.46. The van der Waals surface area contributed by atoms with E-state index in [1.54, 1.807) is 18.2 Å². The number of aliphatic hydroxyl groups is 1. The van der Waals surface area contributed by atoms with Gasteiger partial charge >= 0.3 is 0 Å². The zero-order valence-corrected chi connectivity index (χ0v) is 13.3. The summed E-state index contributed by atoms with van der Waals surface area (Å²) in [4.78, 5) is 12.1. The summed E-state index contributed by atoms with van der Waals surface area (Å²) in [6.45, 7) is 3.95. The zero-order chi connectivity index (χ0) is 15.7. The van der Waals surface area contributed by atoms with Gasteiger partial charge in [-0.05, 0) is 31.5 Å². The number of carbonyl (C=O) groups excluding carboxylic acids is 1. The summed E-state index contributed by atoms with van der Waals surface area (Å²) in [5.74, 6) is 5.15. The van der Waals surface area contributed by atoms with Crippen LogP contribution in [0.25, 0.3) is 0 Å². The Balaban J connectivity index is 2.64. The first kappa shape index (κ1) is 17.6. The Labute approximate surface area is 131 Å². The molecule has 0 aromatic heterocycles. The fraction of sp³-hybridized carbons (Fsp3) is 0.471. The van der Waals surface area contributed by atoms with Crippen LogP contribution in [0, 0.1) is 11.8 Å². The highest BCUT2D eigenvalue weighted by Crippen LogP contribution is 2.17. The van der Waals surface area contributed by atoms with E-state index in [2.05, 4.69) is 24.1 Å². The summed E-state index contributed by atoms with van der Waals surface area (Å²) in [7, 11) is 0. The van der Waals surface area contributed by atoms with Crippen molar-refractivity contribution in [2.45, 2.75) is 45.6 Å². The molecule has 1 unspecified atom stereocenters. The Morgan fingerprint density at radius 1 is 1.43 bits per heavy atom. The van der Waals surface area contributed by atoms with Gasteiger partial charge in [-0.15, -0.1) is 0 Å². The number of hydrogen-bond donors (Lipinski definition) is 2. The van der Waals surface area contributed by atoms with E-state index in [4.69, 9.17) is 16.7 Å². The van der Waals surface area contributed by atoms with E-state index in [1.165, 1.54) is 12.8 Å². The van der Waals surface area contributed by atoms with Crippen molar-refractivity contribution >= 4 is 17.5 Å². The molecule has 0 fully saturated rings. The molecule has 1 rings (SSSR count). The average Bonchev–Trinajstić information content (AvgIpc) is 2.46. The van der Waals surface area contributed by atoms with Gasteiger partial charge in [0.05, 0.1) is 5.02 Å². The lowest BCUT2D eigenvalue weighted by atomic mass is 10.1. The highest BCUT2D eigenvalue weighted by molar-refractivity contribution is 6.32. The van der Waals surface area contributed by atoms with Crippen LogP contribution in [0.4, 0.5) is 0 Å². The number of benzene rings is 1. The molecule has 1 amide bonds. The summed E-state index contributed by atoms with van der Waals surface area (Å²) < 4.78 is 0. The quantitative estimate of drug-likeness (QED) is 0.625. The van der Waals surface area contributed by atoms with Gasteiger partial charge in [-0.2, -0.15) is 0 Å².